The Bertz CT molecular complexity index is 837. The van der Waals surface area contributed by atoms with E-state index >= 15 is 0 Å². The van der Waals surface area contributed by atoms with E-state index in [1.54, 1.807) is 18.6 Å². The van der Waals surface area contributed by atoms with Gasteiger partial charge in [-0.05, 0) is 12.1 Å². The topological polar surface area (TPSA) is 95.0 Å². The van der Waals surface area contributed by atoms with Crippen molar-refractivity contribution in [1.29, 1.82) is 0 Å². The molecule has 4 heterocycles. The maximum Gasteiger partial charge on any atom is 0.165 e. The molecule has 0 spiro atoms. The number of rotatable bonds is 2. The molecule has 23 heavy (non-hydrogen) atoms. The Labute approximate surface area is 133 Å². The highest BCUT2D eigenvalue weighted by Gasteiger charge is 2.20. The molecule has 1 aliphatic rings. The van der Waals surface area contributed by atoms with Gasteiger partial charge in [0.25, 0.3) is 0 Å². The van der Waals surface area contributed by atoms with Crippen LogP contribution in [0.25, 0.3) is 22.6 Å². The minimum atomic E-state index is 0.476. The van der Waals surface area contributed by atoms with E-state index in [1.807, 2.05) is 17.7 Å². The van der Waals surface area contributed by atoms with Gasteiger partial charge in [-0.1, -0.05) is 0 Å². The maximum atomic E-state index is 5.66. The maximum absolute atomic E-state index is 5.66. The third kappa shape index (κ3) is 2.46. The van der Waals surface area contributed by atoms with Gasteiger partial charge in [-0.15, -0.1) is 0 Å². The fourth-order valence-electron chi connectivity index (χ4n) is 2.65. The summed E-state index contributed by atoms with van der Waals surface area (Å²) in [5.41, 5.74) is 8.10. The molecule has 3 aromatic heterocycles. The Morgan fingerprint density at radius 1 is 1.13 bits per heavy atom. The van der Waals surface area contributed by atoms with Crippen LogP contribution in [0.15, 0.2) is 24.7 Å². The van der Waals surface area contributed by atoms with Gasteiger partial charge in [-0.3, -0.25) is 0 Å². The highest BCUT2D eigenvalue weighted by molar-refractivity contribution is 5.85. The van der Waals surface area contributed by atoms with Crippen LogP contribution in [0.4, 0.5) is 11.6 Å². The molecule has 0 saturated carbocycles. The first-order valence-electron chi connectivity index (χ1n) is 7.46. The zero-order valence-corrected chi connectivity index (χ0v) is 12.8. The average Bonchev–Trinajstić information content (AvgIpc) is 2.97. The van der Waals surface area contributed by atoms with Crippen molar-refractivity contribution in [1.82, 2.24) is 24.5 Å². The number of hydrogen-bond donors (Lipinski definition) is 1. The third-order valence-electron chi connectivity index (χ3n) is 3.90. The zero-order chi connectivity index (χ0) is 15.8. The Hall–Kier alpha value is -2.74. The summed E-state index contributed by atoms with van der Waals surface area (Å²) < 4.78 is 7.33. The van der Waals surface area contributed by atoms with Crippen LogP contribution in [0.5, 0.6) is 0 Å². The number of nitrogens with zero attached hydrogens (tertiary/aromatic N) is 6. The lowest BCUT2D eigenvalue weighted by molar-refractivity contribution is 0.122. The number of nitrogens with two attached hydrogens (primary N) is 1. The molecule has 0 radical (unpaired) electrons. The lowest BCUT2D eigenvalue weighted by Gasteiger charge is -2.28. The number of aromatic nitrogens is 5. The van der Waals surface area contributed by atoms with E-state index < -0.39 is 0 Å². The molecule has 0 atom stereocenters. The molecule has 118 valence electrons. The summed E-state index contributed by atoms with van der Waals surface area (Å²) in [5.74, 6) is 1.93. The van der Waals surface area contributed by atoms with Gasteiger partial charge in [-0.25, -0.2) is 19.9 Å². The molecule has 0 aliphatic carbocycles. The first kappa shape index (κ1) is 13.9. The summed E-state index contributed by atoms with van der Waals surface area (Å²) in [5, 5.41) is 0. The summed E-state index contributed by atoms with van der Waals surface area (Å²) in [6.45, 7) is 2.97. The van der Waals surface area contributed by atoms with Crippen molar-refractivity contribution < 1.29 is 4.74 Å². The molecule has 1 fully saturated rings. The number of morpholine rings is 1. The lowest BCUT2D eigenvalue weighted by atomic mass is 10.2. The average molecular weight is 311 g/mol. The number of imidazole rings is 1. The third-order valence-corrected chi connectivity index (χ3v) is 3.90. The van der Waals surface area contributed by atoms with E-state index in [-0.39, 0.29) is 0 Å². The summed E-state index contributed by atoms with van der Waals surface area (Å²) in [6, 6.07) is 3.63. The molecule has 0 bridgehead atoms. The van der Waals surface area contributed by atoms with E-state index in [0.717, 1.165) is 35.6 Å². The molecule has 8 heteroatoms. The van der Waals surface area contributed by atoms with Crippen LogP contribution < -0.4 is 10.6 Å². The van der Waals surface area contributed by atoms with Crippen molar-refractivity contribution in [3.63, 3.8) is 0 Å². The molecule has 1 aliphatic heterocycles. The van der Waals surface area contributed by atoms with E-state index in [4.69, 9.17) is 15.5 Å². The number of ether oxygens (including phenoxy) is 1. The summed E-state index contributed by atoms with van der Waals surface area (Å²) >= 11 is 0. The predicted molar refractivity (Wildman–Crippen MR) is 87.0 cm³/mol. The molecule has 0 amide bonds. The number of anilines is 2. The molecule has 0 unspecified atom stereocenters. The van der Waals surface area contributed by atoms with E-state index in [1.165, 1.54) is 0 Å². The summed E-state index contributed by atoms with van der Waals surface area (Å²) in [6.07, 6.45) is 3.45. The number of fused-ring (bicyclic) bond motifs is 1. The van der Waals surface area contributed by atoms with Crippen LogP contribution in [0, 0.1) is 0 Å². The van der Waals surface area contributed by atoms with Gasteiger partial charge >= 0.3 is 0 Å². The highest BCUT2D eigenvalue weighted by atomic mass is 16.5. The molecule has 0 aromatic carbocycles. The number of hydrogen-bond acceptors (Lipinski definition) is 7. The normalized spacial score (nSPS) is 15.3. The minimum absolute atomic E-state index is 0.476. The van der Waals surface area contributed by atoms with Gasteiger partial charge in [-0.2, -0.15) is 0 Å². The van der Waals surface area contributed by atoms with Gasteiger partial charge < -0.3 is 19.9 Å². The van der Waals surface area contributed by atoms with Crippen molar-refractivity contribution in [2.45, 2.75) is 0 Å². The number of nitrogen functional groups attached to an aromatic ring is 1. The van der Waals surface area contributed by atoms with E-state index in [0.29, 0.717) is 24.9 Å². The molecule has 1 saturated heterocycles. The fraction of sp³-hybridized carbons (Fsp3) is 0.333. The largest absolute Gasteiger partial charge is 0.384 e. The quantitative estimate of drug-likeness (QED) is 0.749. The predicted octanol–water partition coefficient (Wildman–Crippen LogP) is 0.844. The van der Waals surface area contributed by atoms with E-state index in [9.17, 15) is 0 Å². The molecule has 2 N–H and O–H groups in total. The highest BCUT2D eigenvalue weighted by Crippen LogP contribution is 2.26. The SMILES string of the molecule is Cn1cnc2c(N3CCOCC3)nc(-c3ccc(N)nc3)nc21. The van der Waals surface area contributed by atoms with Crippen LogP contribution in [0.2, 0.25) is 0 Å². The lowest BCUT2D eigenvalue weighted by Crippen LogP contribution is -2.37. The second-order valence-corrected chi connectivity index (χ2v) is 5.47. The van der Waals surface area contributed by atoms with Crippen LogP contribution in [-0.2, 0) is 11.8 Å². The molecular formula is C15H17N7O. The van der Waals surface area contributed by atoms with Gasteiger partial charge in [0, 0.05) is 31.9 Å². The van der Waals surface area contributed by atoms with Crippen molar-refractivity contribution >= 4 is 22.8 Å². The van der Waals surface area contributed by atoms with Gasteiger partial charge in [0.05, 0.1) is 19.5 Å². The van der Waals surface area contributed by atoms with Crippen molar-refractivity contribution in [3.8, 4) is 11.4 Å². The Morgan fingerprint density at radius 3 is 2.70 bits per heavy atom. The molecule has 3 aromatic rings. The number of aryl methyl sites for hydroxylation is 1. The van der Waals surface area contributed by atoms with Crippen molar-refractivity contribution in [3.05, 3.63) is 24.7 Å². The number of pyridine rings is 1. The van der Waals surface area contributed by atoms with E-state index in [2.05, 4.69) is 19.9 Å². The van der Waals surface area contributed by atoms with Crippen LogP contribution >= 0.6 is 0 Å². The Balaban J connectivity index is 1.88. The van der Waals surface area contributed by atoms with Crippen LogP contribution in [-0.4, -0.2) is 50.8 Å². The Kier molecular flexibility index (Phi) is 3.30. The first-order valence-corrected chi connectivity index (χ1v) is 7.46. The summed E-state index contributed by atoms with van der Waals surface area (Å²) in [7, 11) is 1.93. The van der Waals surface area contributed by atoms with Gasteiger partial charge in [0.2, 0.25) is 0 Å². The van der Waals surface area contributed by atoms with Crippen LogP contribution in [0.1, 0.15) is 0 Å². The monoisotopic (exact) mass is 311 g/mol. The van der Waals surface area contributed by atoms with Crippen molar-refractivity contribution in [2.75, 3.05) is 36.9 Å². The second-order valence-electron chi connectivity index (χ2n) is 5.47. The first-order chi connectivity index (χ1) is 11.2. The smallest absolute Gasteiger partial charge is 0.165 e. The molecule has 4 rings (SSSR count). The zero-order valence-electron chi connectivity index (χ0n) is 12.8. The summed E-state index contributed by atoms with van der Waals surface area (Å²) in [4.78, 5) is 20.2. The standard InChI is InChI=1S/C15H17N7O/c1-21-9-18-12-14(21)19-13(10-2-3-11(16)17-8-10)20-15(12)22-4-6-23-7-5-22/h2-3,8-9H,4-7H2,1H3,(H2,16,17). The minimum Gasteiger partial charge on any atom is -0.384 e. The second kappa shape index (κ2) is 5.47. The molecule has 8 nitrogen and oxygen atoms in total. The molecular weight excluding hydrogens is 294 g/mol. The fourth-order valence-corrected chi connectivity index (χ4v) is 2.65. The van der Waals surface area contributed by atoms with Crippen molar-refractivity contribution in [2.24, 2.45) is 7.05 Å². The Morgan fingerprint density at radius 2 is 1.96 bits per heavy atom. The van der Waals surface area contributed by atoms with Gasteiger partial charge in [0.1, 0.15) is 5.82 Å². The van der Waals surface area contributed by atoms with Gasteiger partial charge in [0.15, 0.2) is 22.8 Å². The van der Waals surface area contributed by atoms with Crippen LogP contribution in [0.3, 0.4) is 0 Å².